The van der Waals surface area contributed by atoms with Gasteiger partial charge in [0.05, 0.1) is 18.7 Å². The van der Waals surface area contributed by atoms with Crippen LogP contribution in [0, 0.1) is 5.82 Å². The minimum Gasteiger partial charge on any atom is -0.872 e. The third kappa shape index (κ3) is 3.10. The molecule has 0 bridgehead atoms. The van der Waals surface area contributed by atoms with Crippen LogP contribution >= 0.6 is 0 Å². The second-order valence-electron chi connectivity index (χ2n) is 6.87. The molecule has 2 aromatic rings. The number of carbonyl (C=O) groups excluding carboxylic acids is 1. The van der Waals surface area contributed by atoms with Crippen LogP contribution in [-0.4, -0.2) is 18.9 Å². The first-order valence-corrected chi connectivity index (χ1v) is 8.99. The van der Waals surface area contributed by atoms with E-state index in [1.54, 1.807) is 18.2 Å². The Balaban J connectivity index is 1.67. The van der Waals surface area contributed by atoms with Crippen LogP contribution in [0.3, 0.4) is 0 Å². The summed E-state index contributed by atoms with van der Waals surface area (Å²) in [6.07, 6.45) is 4.93. The molecule has 0 spiro atoms. The largest absolute Gasteiger partial charge is 0.872 e. The van der Waals surface area contributed by atoms with E-state index in [1.807, 2.05) is 0 Å². The van der Waals surface area contributed by atoms with E-state index >= 15 is 0 Å². The molecule has 5 heteroatoms. The highest BCUT2D eigenvalue weighted by Gasteiger charge is 2.31. The number of ketones is 1. The Morgan fingerprint density at radius 3 is 2.65 bits per heavy atom. The molecule has 4 nitrogen and oxygen atoms in total. The number of carbonyl (C=O) groups is 1. The van der Waals surface area contributed by atoms with Gasteiger partial charge in [0.25, 0.3) is 0 Å². The van der Waals surface area contributed by atoms with Gasteiger partial charge in [0.2, 0.25) is 5.78 Å². The summed E-state index contributed by atoms with van der Waals surface area (Å²) in [6, 6.07) is 9.15. The fourth-order valence-corrected chi connectivity index (χ4v) is 3.67. The molecule has 134 valence electrons. The van der Waals surface area contributed by atoms with Gasteiger partial charge in [-0.2, -0.15) is 0 Å². The van der Waals surface area contributed by atoms with E-state index in [2.05, 4.69) is 0 Å². The summed E-state index contributed by atoms with van der Waals surface area (Å²) in [7, 11) is 0. The lowest BCUT2D eigenvalue weighted by Gasteiger charge is -2.26. The number of ether oxygens (including phenoxy) is 1. The van der Waals surface area contributed by atoms with Gasteiger partial charge >= 0.3 is 0 Å². The summed E-state index contributed by atoms with van der Waals surface area (Å²) in [4.78, 5) is 14.0. The Bertz CT molecular complexity index is 885. The lowest BCUT2D eigenvalue weighted by molar-refractivity contribution is -0.918. The number of benzene rings is 2. The van der Waals surface area contributed by atoms with Gasteiger partial charge in [0.15, 0.2) is 5.76 Å². The summed E-state index contributed by atoms with van der Waals surface area (Å²) in [5.74, 6) is -0.427. The maximum Gasteiger partial charge on any atom is 0.231 e. The molecular weight excluding hydrogens is 333 g/mol. The fraction of sp³-hybridized carbons (Fsp3) is 0.286. The highest BCUT2D eigenvalue weighted by Crippen LogP contribution is 2.38. The van der Waals surface area contributed by atoms with Gasteiger partial charge < -0.3 is 14.7 Å². The summed E-state index contributed by atoms with van der Waals surface area (Å²) < 4.78 is 19.6. The molecule has 0 atom stereocenters. The van der Waals surface area contributed by atoms with Gasteiger partial charge in [-0.1, -0.05) is 30.0 Å². The smallest absolute Gasteiger partial charge is 0.231 e. The molecule has 1 fully saturated rings. The Labute approximate surface area is 151 Å². The van der Waals surface area contributed by atoms with Crippen LogP contribution in [0.25, 0.3) is 6.08 Å². The molecule has 0 unspecified atom stereocenters. The number of hydrogen-bond donors (Lipinski definition) is 1. The van der Waals surface area contributed by atoms with Crippen LogP contribution in [0.4, 0.5) is 4.39 Å². The number of nitrogens with one attached hydrogen (secondary N) is 1. The van der Waals surface area contributed by atoms with E-state index in [0.717, 1.165) is 25.9 Å². The van der Waals surface area contributed by atoms with Crippen molar-refractivity contribution in [1.82, 2.24) is 0 Å². The average Bonchev–Trinajstić information content (AvgIpc) is 2.96. The molecule has 0 aliphatic carbocycles. The minimum absolute atomic E-state index is 0.0607. The van der Waals surface area contributed by atoms with Crippen molar-refractivity contribution in [3.8, 4) is 11.5 Å². The standard InChI is InChI=1S/C21H20FNO3/c22-17-7-3-2-6-14(17)12-19-20(25)15-8-9-18(24)16(21(15)26-19)13-23-10-4-1-5-11-23/h2-3,6-9,12,24H,1,4-5,10-11,13H2/b19-12-. The molecule has 0 radical (unpaired) electrons. The summed E-state index contributed by atoms with van der Waals surface area (Å²) >= 11 is 0. The Morgan fingerprint density at radius 2 is 1.88 bits per heavy atom. The Kier molecular flexibility index (Phi) is 4.47. The molecule has 0 saturated carbocycles. The molecule has 0 amide bonds. The van der Waals surface area contributed by atoms with Gasteiger partial charge in [-0.3, -0.25) is 4.79 Å². The van der Waals surface area contributed by atoms with Crippen molar-refractivity contribution in [2.75, 3.05) is 13.1 Å². The zero-order chi connectivity index (χ0) is 18.1. The lowest BCUT2D eigenvalue weighted by Crippen LogP contribution is -3.11. The number of rotatable bonds is 3. The second kappa shape index (κ2) is 6.92. The lowest BCUT2D eigenvalue weighted by atomic mass is 10.0. The maximum atomic E-state index is 13.9. The normalized spacial score (nSPS) is 18.8. The quantitative estimate of drug-likeness (QED) is 0.860. The summed E-state index contributed by atoms with van der Waals surface area (Å²) in [6.45, 7) is 2.60. The van der Waals surface area contributed by atoms with Crippen molar-refractivity contribution in [3.63, 3.8) is 0 Å². The molecule has 4 rings (SSSR count). The van der Waals surface area contributed by atoms with Gasteiger partial charge in [-0.15, -0.1) is 0 Å². The van der Waals surface area contributed by atoms with Crippen molar-refractivity contribution >= 4 is 11.9 Å². The van der Waals surface area contributed by atoms with Gasteiger partial charge in [0, 0.05) is 11.1 Å². The number of Topliss-reactive ketones (excluding diaryl/α,β-unsaturated/α-hetero) is 1. The fourth-order valence-electron chi connectivity index (χ4n) is 3.67. The van der Waals surface area contributed by atoms with Crippen molar-refractivity contribution < 1.29 is 23.9 Å². The minimum atomic E-state index is -0.421. The van der Waals surface area contributed by atoms with Crippen molar-refractivity contribution in [1.29, 1.82) is 0 Å². The molecule has 26 heavy (non-hydrogen) atoms. The zero-order valence-corrected chi connectivity index (χ0v) is 14.4. The van der Waals surface area contributed by atoms with Crippen LogP contribution in [0.5, 0.6) is 11.5 Å². The molecule has 1 saturated heterocycles. The molecule has 1 N–H and O–H groups in total. The van der Waals surface area contributed by atoms with E-state index in [1.165, 1.54) is 35.6 Å². The number of likely N-dealkylation sites (tertiary alicyclic amines) is 1. The van der Waals surface area contributed by atoms with E-state index in [4.69, 9.17) is 4.74 Å². The molecular formula is C21H20FNO3. The number of allylic oxidation sites excluding steroid dienone is 1. The van der Waals surface area contributed by atoms with Crippen LogP contribution in [0.1, 0.15) is 40.7 Å². The SMILES string of the molecule is O=C1/C(=C/c2ccccc2F)Oc2c1ccc([O-])c2C[NH+]1CCCCC1. The first kappa shape index (κ1) is 16.8. The molecule has 0 aromatic heterocycles. The summed E-state index contributed by atoms with van der Waals surface area (Å²) in [5.41, 5.74) is 1.22. The molecule has 2 aliphatic heterocycles. The van der Waals surface area contributed by atoms with Gasteiger partial charge in [-0.25, -0.2) is 4.39 Å². The number of fused-ring (bicyclic) bond motifs is 1. The maximum absolute atomic E-state index is 13.9. The monoisotopic (exact) mass is 353 g/mol. The predicted octanol–water partition coefficient (Wildman–Crippen LogP) is 2.08. The third-order valence-electron chi connectivity index (χ3n) is 5.08. The van der Waals surface area contributed by atoms with E-state index in [-0.39, 0.29) is 22.9 Å². The first-order valence-electron chi connectivity index (χ1n) is 8.99. The van der Waals surface area contributed by atoms with Gasteiger partial charge in [-0.05, 0) is 37.5 Å². The van der Waals surface area contributed by atoms with Crippen LogP contribution < -0.4 is 14.7 Å². The van der Waals surface area contributed by atoms with Gasteiger partial charge in [0.1, 0.15) is 18.1 Å². The average molecular weight is 353 g/mol. The molecule has 2 aromatic carbocycles. The Morgan fingerprint density at radius 1 is 1.12 bits per heavy atom. The second-order valence-corrected chi connectivity index (χ2v) is 6.87. The number of halogens is 1. The van der Waals surface area contributed by atoms with Crippen LogP contribution in [-0.2, 0) is 6.54 Å². The third-order valence-corrected chi connectivity index (χ3v) is 5.08. The van der Waals surface area contributed by atoms with E-state index in [9.17, 15) is 14.3 Å². The number of hydrogen-bond acceptors (Lipinski definition) is 3. The molecule has 2 aliphatic rings. The predicted molar refractivity (Wildman–Crippen MR) is 93.5 cm³/mol. The van der Waals surface area contributed by atoms with Crippen LogP contribution in [0.15, 0.2) is 42.2 Å². The van der Waals surface area contributed by atoms with Crippen molar-refractivity contribution in [2.45, 2.75) is 25.8 Å². The summed E-state index contributed by atoms with van der Waals surface area (Å²) in [5, 5.41) is 12.4. The van der Waals surface area contributed by atoms with Crippen molar-refractivity contribution in [2.24, 2.45) is 0 Å². The Hall–Kier alpha value is -2.66. The number of quaternary nitrogens is 1. The highest BCUT2D eigenvalue weighted by molar-refractivity contribution is 6.14. The topological polar surface area (TPSA) is 53.8 Å². The van der Waals surface area contributed by atoms with Crippen LogP contribution in [0.2, 0.25) is 0 Å². The number of piperidine rings is 1. The zero-order valence-electron chi connectivity index (χ0n) is 14.4. The van der Waals surface area contributed by atoms with E-state index < -0.39 is 5.82 Å². The molecule has 2 heterocycles. The highest BCUT2D eigenvalue weighted by atomic mass is 19.1. The first-order chi connectivity index (χ1) is 12.6. The van der Waals surface area contributed by atoms with Crippen molar-refractivity contribution in [3.05, 3.63) is 64.7 Å². The van der Waals surface area contributed by atoms with E-state index in [0.29, 0.717) is 23.4 Å².